The topological polar surface area (TPSA) is 124 Å². The van der Waals surface area contributed by atoms with Crippen LogP contribution in [0.4, 0.5) is 5.69 Å². The van der Waals surface area contributed by atoms with E-state index in [2.05, 4.69) is 21.4 Å². The molecule has 0 aliphatic carbocycles. The van der Waals surface area contributed by atoms with Gasteiger partial charge in [-0.3, -0.25) is 24.9 Å². The number of nitro benzene ring substituents is 1. The lowest BCUT2D eigenvalue weighted by molar-refractivity contribution is -0.384. The maximum absolute atomic E-state index is 12.0. The van der Waals surface area contributed by atoms with Crippen LogP contribution in [0.1, 0.15) is 17.2 Å². The van der Waals surface area contributed by atoms with Gasteiger partial charge in [0.15, 0.2) is 0 Å². The fourth-order valence-corrected chi connectivity index (χ4v) is 3.27. The number of allylic oxidation sites excluding steroid dienone is 1. The van der Waals surface area contributed by atoms with Gasteiger partial charge in [0.25, 0.3) is 5.69 Å². The molecule has 0 radical (unpaired) electrons. The van der Waals surface area contributed by atoms with Crippen LogP contribution in [0.3, 0.4) is 0 Å². The Morgan fingerprint density at radius 1 is 1.25 bits per heavy atom. The van der Waals surface area contributed by atoms with Crippen LogP contribution in [-0.4, -0.2) is 35.1 Å². The summed E-state index contributed by atoms with van der Waals surface area (Å²) in [5.41, 5.74) is 6.93. The van der Waals surface area contributed by atoms with E-state index in [4.69, 9.17) is 5.73 Å². The number of non-ortho nitro benzene ring substituents is 1. The first kappa shape index (κ1) is 19.4. The second kappa shape index (κ2) is 8.53. The van der Waals surface area contributed by atoms with Crippen molar-refractivity contribution in [3.8, 4) is 0 Å². The molecule has 3 rings (SSSR count). The quantitative estimate of drug-likeness (QED) is 0.536. The van der Waals surface area contributed by atoms with E-state index in [0.29, 0.717) is 18.7 Å². The van der Waals surface area contributed by atoms with Crippen LogP contribution < -0.4 is 11.1 Å². The highest BCUT2D eigenvalue weighted by atomic mass is 16.6. The molecule has 1 aromatic carbocycles. The molecule has 28 heavy (non-hydrogen) atoms. The molecule has 0 fully saturated rings. The first-order chi connectivity index (χ1) is 13.5. The molecule has 3 N–H and O–H groups in total. The van der Waals surface area contributed by atoms with E-state index in [1.54, 1.807) is 30.7 Å². The van der Waals surface area contributed by atoms with E-state index in [1.807, 2.05) is 18.2 Å². The minimum Gasteiger partial charge on any atom is -0.368 e. The number of rotatable bonds is 8. The van der Waals surface area contributed by atoms with E-state index in [9.17, 15) is 14.9 Å². The Kier molecular flexibility index (Phi) is 5.90. The Morgan fingerprint density at radius 2 is 1.96 bits per heavy atom. The van der Waals surface area contributed by atoms with Crippen LogP contribution >= 0.6 is 0 Å². The summed E-state index contributed by atoms with van der Waals surface area (Å²) in [6.07, 6.45) is 9.96. The smallest absolute Gasteiger partial charge is 0.269 e. The van der Waals surface area contributed by atoms with Crippen molar-refractivity contribution in [2.45, 2.75) is 12.5 Å². The third-order valence-corrected chi connectivity index (χ3v) is 4.73. The predicted octanol–water partition coefficient (Wildman–Crippen LogP) is 1.98. The number of hydrogen-bond acceptors (Lipinski definition) is 6. The zero-order valence-electron chi connectivity index (χ0n) is 15.2. The number of primary amides is 1. The van der Waals surface area contributed by atoms with Gasteiger partial charge in [0.05, 0.1) is 4.92 Å². The summed E-state index contributed by atoms with van der Waals surface area (Å²) in [5, 5.41) is 14.1. The summed E-state index contributed by atoms with van der Waals surface area (Å²) in [4.78, 5) is 30.8. The number of carbonyl (C=O) groups is 1. The van der Waals surface area contributed by atoms with Gasteiger partial charge in [0, 0.05) is 49.2 Å². The molecule has 1 aliphatic heterocycles. The van der Waals surface area contributed by atoms with Gasteiger partial charge in [-0.2, -0.15) is 0 Å². The molecule has 2 heterocycles. The second-order valence-corrected chi connectivity index (χ2v) is 6.81. The van der Waals surface area contributed by atoms with Crippen LogP contribution in [0.2, 0.25) is 0 Å². The van der Waals surface area contributed by atoms with Crippen molar-refractivity contribution >= 4 is 17.8 Å². The number of benzene rings is 1. The molecule has 1 amide bonds. The number of nitro groups is 1. The number of nitrogens with zero attached hydrogens (tertiary/aromatic N) is 3. The van der Waals surface area contributed by atoms with Crippen molar-refractivity contribution in [2.75, 3.05) is 13.1 Å². The molecule has 0 saturated carbocycles. The van der Waals surface area contributed by atoms with Crippen molar-refractivity contribution in [3.63, 3.8) is 0 Å². The molecule has 0 spiro atoms. The van der Waals surface area contributed by atoms with Crippen LogP contribution in [0.15, 0.2) is 65.9 Å². The van der Waals surface area contributed by atoms with Crippen molar-refractivity contribution in [1.82, 2.24) is 10.3 Å². The average molecular weight is 379 g/mol. The van der Waals surface area contributed by atoms with Crippen molar-refractivity contribution in [1.29, 1.82) is 0 Å². The van der Waals surface area contributed by atoms with Gasteiger partial charge < -0.3 is 11.1 Å². The first-order valence-electron chi connectivity index (χ1n) is 8.83. The lowest BCUT2D eigenvalue weighted by atomic mass is 9.80. The summed E-state index contributed by atoms with van der Waals surface area (Å²) < 4.78 is 0. The lowest BCUT2D eigenvalue weighted by Crippen LogP contribution is -2.43. The molecule has 144 valence electrons. The van der Waals surface area contributed by atoms with Crippen LogP contribution in [0, 0.1) is 15.5 Å². The molecule has 1 aliphatic rings. The molecule has 0 saturated heterocycles. The van der Waals surface area contributed by atoms with Crippen LogP contribution in [0.25, 0.3) is 0 Å². The fourth-order valence-electron chi connectivity index (χ4n) is 3.27. The second-order valence-electron chi connectivity index (χ2n) is 6.81. The number of nitrogens with one attached hydrogen (secondary N) is 1. The summed E-state index contributed by atoms with van der Waals surface area (Å²) in [6, 6.07) is 8.98. The zero-order chi connectivity index (χ0) is 20.0. The van der Waals surface area contributed by atoms with E-state index in [0.717, 1.165) is 12.0 Å². The lowest BCUT2D eigenvalue weighted by Gasteiger charge is -2.32. The van der Waals surface area contributed by atoms with Gasteiger partial charge in [-0.1, -0.05) is 18.2 Å². The van der Waals surface area contributed by atoms with Crippen molar-refractivity contribution in [2.24, 2.45) is 16.1 Å². The molecule has 0 bridgehead atoms. The minimum atomic E-state index is -0.755. The number of aromatic nitrogens is 1. The molecule has 8 heteroatoms. The SMILES string of the molecule is NC(=O)C(NCC1(Cc2ccncc2)C=CC=NC1)c1ccc([N+](=O)[O-])cc1. The molecule has 2 aromatic rings. The maximum atomic E-state index is 12.0. The fraction of sp³-hybridized carbons (Fsp3) is 0.250. The van der Waals surface area contributed by atoms with Gasteiger partial charge in [-0.25, -0.2) is 0 Å². The van der Waals surface area contributed by atoms with Crippen molar-refractivity contribution < 1.29 is 9.72 Å². The number of amides is 1. The molecular weight excluding hydrogens is 358 g/mol. The standard InChI is InChI=1S/C20H21N5O3/c21-19(26)18(16-2-4-17(5-3-16)25(27)28)24-14-20(8-1-9-23-13-20)12-15-6-10-22-11-7-15/h1-11,18,24H,12-14H2,(H2,21,26). The molecule has 1 aromatic heterocycles. The summed E-state index contributed by atoms with van der Waals surface area (Å²) in [7, 11) is 0. The highest BCUT2D eigenvalue weighted by Gasteiger charge is 2.31. The van der Waals surface area contributed by atoms with Crippen LogP contribution in [-0.2, 0) is 11.2 Å². The van der Waals surface area contributed by atoms with Crippen molar-refractivity contribution in [3.05, 3.63) is 82.2 Å². The molecule has 8 nitrogen and oxygen atoms in total. The molecule has 2 unspecified atom stereocenters. The third-order valence-electron chi connectivity index (χ3n) is 4.73. The number of aliphatic imine (C=N–C) groups is 1. The van der Waals surface area contributed by atoms with Gasteiger partial charge in [-0.05, 0) is 35.8 Å². The normalized spacial score (nSPS) is 19.3. The summed E-state index contributed by atoms with van der Waals surface area (Å²) >= 11 is 0. The van der Waals surface area contributed by atoms with Crippen LogP contribution in [0.5, 0.6) is 0 Å². The predicted molar refractivity (Wildman–Crippen MR) is 106 cm³/mol. The number of pyridine rings is 1. The van der Waals surface area contributed by atoms with Gasteiger partial charge in [-0.15, -0.1) is 0 Å². The van der Waals surface area contributed by atoms with E-state index in [-0.39, 0.29) is 11.1 Å². The highest BCUT2D eigenvalue weighted by Crippen LogP contribution is 2.28. The van der Waals surface area contributed by atoms with Gasteiger partial charge >= 0.3 is 0 Å². The number of hydrogen-bond donors (Lipinski definition) is 2. The summed E-state index contributed by atoms with van der Waals surface area (Å²) in [5.74, 6) is -0.545. The largest absolute Gasteiger partial charge is 0.368 e. The third kappa shape index (κ3) is 4.66. The van der Waals surface area contributed by atoms with E-state index in [1.165, 1.54) is 12.1 Å². The zero-order valence-corrected chi connectivity index (χ0v) is 15.2. The highest BCUT2D eigenvalue weighted by molar-refractivity contribution is 5.81. The Bertz CT molecular complexity index is 896. The Hall–Kier alpha value is -3.39. The Balaban J connectivity index is 1.78. The number of carbonyl (C=O) groups excluding carboxylic acids is 1. The van der Waals surface area contributed by atoms with E-state index < -0.39 is 16.9 Å². The number of dihydropyridines is 1. The number of nitrogens with two attached hydrogens (primary N) is 1. The van der Waals surface area contributed by atoms with Gasteiger partial charge in [0.2, 0.25) is 5.91 Å². The Morgan fingerprint density at radius 3 is 2.54 bits per heavy atom. The average Bonchev–Trinajstić information content (AvgIpc) is 2.70. The maximum Gasteiger partial charge on any atom is 0.269 e. The molecule has 2 atom stereocenters. The minimum absolute atomic E-state index is 0.0364. The molecular formula is C20H21N5O3. The van der Waals surface area contributed by atoms with Gasteiger partial charge in [0.1, 0.15) is 6.04 Å². The Labute approximate surface area is 162 Å². The monoisotopic (exact) mass is 379 g/mol. The van der Waals surface area contributed by atoms with E-state index >= 15 is 0 Å². The first-order valence-corrected chi connectivity index (χ1v) is 8.83. The summed E-state index contributed by atoms with van der Waals surface area (Å²) in [6.45, 7) is 1.04.